The molecule has 1 amide bonds. The second-order valence-electron chi connectivity index (χ2n) is 7.53. The minimum atomic E-state index is -3.46. The lowest BCUT2D eigenvalue weighted by Crippen LogP contribution is -2.24. The number of aromatic nitrogens is 1. The number of nitrogens with zero attached hydrogens (tertiary/aromatic N) is 1. The van der Waals surface area contributed by atoms with Gasteiger partial charge < -0.3 is 9.73 Å². The molecule has 30 heavy (non-hydrogen) atoms. The molecule has 1 heterocycles. The molecule has 0 aliphatic heterocycles. The average molecular weight is 427 g/mol. The summed E-state index contributed by atoms with van der Waals surface area (Å²) in [5.41, 5.74) is 2.40. The van der Waals surface area contributed by atoms with Crippen molar-refractivity contribution in [1.82, 2.24) is 4.98 Å². The highest BCUT2D eigenvalue weighted by Gasteiger charge is 2.17. The summed E-state index contributed by atoms with van der Waals surface area (Å²) in [5, 5.41) is 2.64. The Kier molecular flexibility index (Phi) is 7.05. The summed E-state index contributed by atoms with van der Waals surface area (Å²) in [7, 11) is -3.46. The number of hydrogen-bond donors (Lipinski definition) is 1. The molecule has 0 atom stereocenters. The molecule has 2 aromatic carbocycles. The lowest BCUT2D eigenvalue weighted by molar-refractivity contribution is -0.113. The summed E-state index contributed by atoms with van der Waals surface area (Å²) in [5.74, 6) is 0.481. The fourth-order valence-electron chi connectivity index (χ4n) is 2.99. The molecule has 3 aromatic rings. The summed E-state index contributed by atoms with van der Waals surface area (Å²) in [6.07, 6.45) is 2.86. The van der Waals surface area contributed by atoms with Crippen LogP contribution in [-0.4, -0.2) is 30.8 Å². The first-order chi connectivity index (χ1) is 14.3. The smallest absolute Gasteiger partial charge is 0.239 e. The average Bonchev–Trinajstić information content (AvgIpc) is 3.19. The van der Waals surface area contributed by atoms with Gasteiger partial charge in [-0.25, -0.2) is 13.4 Å². The van der Waals surface area contributed by atoms with Crippen molar-refractivity contribution in [3.8, 4) is 11.5 Å². The number of aryl methyl sites for hydroxylation is 1. The van der Waals surface area contributed by atoms with Gasteiger partial charge in [0.25, 0.3) is 0 Å². The molecule has 1 aromatic heterocycles. The summed E-state index contributed by atoms with van der Waals surface area (Å²) >= 11 is 0. The molecule has 0 fully saturated rings. The van der Waals surface area contributed by atoms with Crippen LogP contribution in [0.3, 0.4) is 0 Å². The zero-order valence-electron chi connectivity index (χ0n) is 17.2. The second-order valence-corrected chi connectivity index (χ2v) is 9.71. The lowest BCUT2D eigenvalue weighted by Gasteiger charge is -2.07. The number of sulfone groups is 1. The van der Waals surface area contributed by atoms with Crippen molar-refractivity contribution < 1.29 is 17.6 Å². The van der Waals surface area contributed by atoms with Crippen molar-refractivity contribution in [1.29, 1.82) is 0 Å². The number of oxazole rings is 1. The topological polar surface area (TPSA) is 89.3 Å². The Morgan fingerprint density at radius 1 is 1.07 bits per heavy atom. The van der Waals surface area contributed by atoms with Gasteiger partial charge in [0.2, 0.25) is 11.8 Å². The van der Waals surface area contributed by atoms with Crippen LogP contribution in [0.2, 0.25) is 0 Å². The number of hydrogen-bond acceptors (Lipinski definition) is 5. The third kappa shape index (κ3) is 6.29. The van der Waals surface area contributed by atoms with E-state index < -0.39 is 21.5 Å². The van der Waals surface area contributed by atoms with Crippen molar-refractivity contribution in [2.75, 3.05) is 16.8 Å². The van der Waals surface area contributed by atoms with Gasteiger partial charge in [-0.2, -0.15) is 0 Å². The predicted octanol–water partition coefficient (Wildman–Crippen LogP) is 4.45. The Balaban J connectivity index is 1.51. The van der Waals surface area contributed by atoms with Gasteiger partial charge in [0.15, 0.2) is 9.84 Å². The molecule has 158 valence electrons. The quantitative estimate of drug-likeness (QED) is 0.546. The van der Waals surface area contributed by atoms with Crippen molar-refractivity contribution in [2.45, 2.75) is 32.6 Å². The van der Waals surface area contributed by atoms with Crippen LogP contribution in [0.15, 0.2) is 65.2 Å². The number of carbonyl (C=O) groups excluding carboxylic acids is 1. The van der Waals surface area contributed by atoms with Crippen molar-refractivity contribution in [2.24, 2.45) is 0 Å². The van der Waals surface area contributed by atoms with Gasteiger partial charge in [-0.15, -0.1) is 0 Å². The summed E-state index contributed by atoms with van der Waals surface area (Å²) < 4.78 is 30.2. The number of carbonyl (C=O) groups is 1. The molecule has 0 unspecified atom stereocenters. The molecule has 6 nitrogen and oxygen atoms in total. The maximum absolute atomic E-state index is 12.2. The normalized spacial score (nSPS) is 11.6. The number of nitrogens with one attached hydrogen (secondary N) is 1. The van der Waals surface area contributed by atoms with Gasteiger partial charge in [0, 0.05) is 17.2 Å². The summed E-state index contributed by atoms with van der Waals surface area (Å²) in [6, 6.07) is 16.7. The summed E-state index contributed by atoms with van der Waals surface area (Å²) in [6.45, 7) is 4.05. The van der Waals surface area contributed by atoms with E-state index in [4.69, 9.17) is 4.42 Å². The molecule has 0 bridgehead atoms. The molecule has 0 aliphatic rings. The van der Waals surface area contributed by atoms with Crippen LogP contribution in [0.4, 0.5) is 5.69 Å². The van der Waals surface area contributed by atoms with Crippen LogP contribution in [0.25, 0.3) is 11.5 Å². The van der Waals surface area contributed by atoms with Crippen LogP contribution in [0.5, 0.6) is 0 Å². The largest absolute Gasteiger partial charge is 0.441 e. The van der Waals surface area contributed by atoms with Gasteiger partial charge in [0.1, 0.15) is 11.5 Å². The Labute approximate surface area is 177 Å². The van der Waals surface area contributed by atoms with E-state index in [-0.39, 0.29) is 11.7 Å². The molecular weight excluding hydrogens is 400 g/mol. The monoisotopic (exact) mass is 426 g/mol. The maximum atomic E-state index is 12.2. The Morgan fingerprint density at radius 3 is 2.40 bits per heavy atom. The molecular formula is C23H26N2O4S. The lowest BCUT2D eigenvalue weighted by atomic mass is 10.1. The van der Waals surface area contributed by atoms with Gasteiger partial charge in [-0.1, -0.05) is 44.2 Å². The van der Waals surface area contributed by atoms with Gasteiger partial charge >= 0.3 is 0 Å². The first-order valence-corrected chi connectivity index (χ1v) is 11.7. The van der Waals surface area contributed by atoms with E-state index in [0.29, 0.717) is 24.4 Å². The van der Waals surface area contributed by atoms with E-state index in [1.165, 1.54) is 0 Å². The number of anilines is 1. The Hall–Kier alpha value is -2.93. The van der Waals surface area contributed by atoms with Crippen molar-refractivity contribution >= 4 is 21.4 Å². The molecule has 0 saturated heterocycles. The van der Waals surface area contributed by atoms with Gasteiger partial charge in [0.05, 0.1) is 11.9 Å². The van der Waals surface area contributed by atoms with E-state index in [1.807, 2.05) is 44.2 Å². The van der Waals surface area contributed by atoms with Gasteiger partial charge in [-0.05, 0) is 42.7 Å². The predicted molar refractivity (Wildman–Crippen MR) is 118 cm³/mol. The first kappa shape index (κ1) is 21.8. The fraction of sp³-hybridized carbons (Fsp3) is 0.304. The molecule has 0 saturated carbocycles. The molecule has 0 spiro atoms. The first-order valence-electron chi connectivity index (χ1n) is 9.93. The van der Waals surface area contributed by atoms with Crippen LogP contribution in [0.1, 0.15) is 37.5 Å². The van der Waals surface area contributed by atoms with E-state index in [0.717, 1.165) is 16.9 Å². The SMILES string of the molecule is CC(C)c1cnc(-c2ccc(NC(=O)CS(=O)(=O)CCCc3ccccc3)cc2)o1. The minimum Gasteiger partial charge on any atom is -0.441 e. The Bertz CT molecular complexity index is 1070. The third-order valence-electron chi connectivity index (χ3n) is 4.62. The molecule has 0 radical (unpaired) electrons. The maximum Gasteiger partial charge on any atom is 0.239 e. The number of amides is 1. The third-order valence-corrected chi connectivity index (χ3v) is 6.24. The van der Waals surface area contributed by atoms with E-state index in [9.17, 15) is 13.2 Å². The molecule has 3 rings (SSSR count). The van der Waals surface area contributed by atoms with Gasteiger partial charge in [-0.3, -0.25) is 4.79 Å². The van der Waals surface area contributed by atoms with E-state index in [1.54, 1.807) is 30.5 Å². The fourth-order valence-corrected chi connectivity index (χ4v) is 4.19. The second kappa shape index (κ2) is 9.71. The number of benzene rings is 2. The standard InChI is InChI=1S/C23H26N2O4S/c1-17(2)21-15-24-23(29-21)19-10-12-20(13-11-19)25-22(26)16-30(27,28)14-6-9-18-7-4-3-5-8-18/h3-5,7-8,10-13,15,17H,6,9,14,16H2,1-2H3,(H,25,26). The zero-order chi connectivity index (χ0) is 21.6. The Morgan fingerprint density at radius 2 is 1.77 bits per heavy atom. The van der Waals surface area contributed by atoms with E-state index in [2.05, 4.69) is 10.3 Å². The van der Waals surface area contributed by atoms with Crippen molar-refractivity contribution in [3.05, 3.63) is 72.1 Å². The minimum absolute atomic E-state index is 0.0173. The molecule has 0 aliphatic carbocycles. The van der Waals surface area contributed by atoms with Crippen LogP contribution < -0.4 is 5.32 Å². The zero-order valence-corrected chi connectivity index (χ0v) is 18.0. The number of rotatable bonds is 9. The van der Waals surface area contributed by atoms with Crippen LogP contribution >= 0.6 is 0 Å². The summed E-state index contributed by atoms with van der Waals surface area (Å²) in [4.78, 5) is 16.4. The van der Waals surface area contributed by atoms with Crippen molar-refractivity contribution in [3.63, 3.8) is 0 Å². The highest BCUT2D eigenvalue weighted by Crippen LogP contribution is 2.24. The highest BCUT2D eigenvalue weighted by molar-refractivity contribution is 7.92. The van der Waals surface area contributed by atoms with Crippen LogP contribution in [0, 0.1) is 0 Å². The van der Waals surface area contributed by atoms with Crippen LogP contribution in [-0.2, 0) is 21.1 Å². The molecule has 1 N–H and O–H groups in total. The van der Waals surface area contributed by atoms with E-state index >= 15 is 0 Å². The highest BCUT2D eigenvalue weighted by atomic mass is 32.2. The molecule has 7 heteroatoms.